The van der Waals surface area contributed by atoms with Crippen LogP contribution >= 0.6 is 22.6 Å². The van der Waals surface area contributed by atoms with Gasteiger partial charge in [0.2, 0.25) is 0 Å². The zero-order valence-electron chi connectivity index (χ0n) is 5.37. The summed E-state index contributed by atoms with van der Waals surface area (Å²) in [6, 6.07) is 3.90. The first-order valence-electron chi connectivity index (χ1n) is 2.73. The highest BCUT2D eigenvalue weighted by Gasteiger charge is 2.03. The lowest BCUT2D eigenvalue weighted by atomic mass is 10.2. The molecular weight excluding hydrogens is 253 g/mol. The number of rotatable bonds is 0. The Morgan fingerprint density at radius 3 is 2.00 bits per heavy atom. The van der Waals surface area contributed by atoms with Gasteiger partial charge in [-0.1, -0.05) is 0 Å². The summed E-state index contributed by atoms with van der Waals surface area (Å²) in [5.41, 5.74) is 0.898. The lowest BCUT2D eigenvalue weighted by Gasteiger charge is -1.93. The highest BCUT2D eigenvalue weighted by atomic mass is 127. The Morgan fingerprint density at radius 2 is 1.64 bits per heavy atom. The van der Waals surface area contributed by atoms with E-state index >= 15 is 0 Å². The molecule has 0 unspecified atom stereocenters. The summed E-state index contributed by atoms with van der Waals surface area (Å²) in [6.07, 6.45) is 2.89. The first-order valence-corrected chi connectivity index (χ1v) is 3.81. The molecule has 52 valence electrons. The molecule has 11 heavy (non-hydrogen) atoms. The minimum atomic E-state index is 0.449. The summed E-state index contributed by atoms with van der Waals surface area (Å²) in [7, 11) is 0. The van der Waals surface area contributed by atoms with Gasteiger partial charge in [0.1, 0.15) is 12.1 Å². The second-order valence-corrected chi connectivity index (χ2v) is 2.85. The standard InChI is InChI=1S/C7H2IN3/c8-7-5(1-9)3-11-4-6(7)2-10/h3-4H. The van der Waals surface area contributed by atoms with Crippen molar-refractivity contribution in [2.24, 2.45) is 0 Å². The lowest BCUT2D eigenvalue weighted by Crippen LogP contribution is -1.88. The Kier molecular flexibility index (Phi) is 2.40. The zero-order chi connectivity index (χ0) is 8.27. The monoisotopic (exact) mass is 255 g/mol. The summed E-state index contributed by atoms with van der Waals surface area (Å²) in [6.45, 7) is 0. The van der Waals surface area contributed by atoms with Crippen LogP contribution in [0.25, 0.3) is 0 Å². The lowest BCUT2D eigenvalue weighted by molar-refractivity contribution is 1.26. The SMILES string of the molecule is N#Cc1cncc(C#N)c1I. The van der Waals surface area contributed by atoms with Gasteiger partial charge in [-0.2, -0.15) is 10.5 Å². The largest absolute Gasteiger partial charge is 0.262 e. The Morgan fingerprint density at radius 1 is 1.18 bits per heavy atom. The van der Waals surface area contributed by atoms with Crippen LogP contribution in [0.3, 0.4) is 0 Å². The molecule has 0 aliphatic carbocycles. The molecule has 0 aromatic carbocycles. The van der Waals surface area contributed by atoms with Crippen LogP contribution in [0.1, 0.15) is 11.1 Å². The van der Waals surface area contributed by atoms with Crippen LogP contribution in [-0.2, 0) is 0 Å². The molecule has 0 radical (unpaired) electrons. The molecule has 1 rings (SSSR count). The molecule has 0 N–H and O–H groups in total. The molecule has 0 atom stereocenters. The maximum atomic E-state index is 8.53. The average molecular weight is 255 g/mol. The number of hydrogen-bond acceptors (Lipinski definition) is 3. The van der Waals surface area contributed by atoms with Crippen molar-refractivity contribution in [3.63, 3.8) is 0 Å². The van der Waals surface area contributed by atoms with Crippen LogP contribution < -0.4 is 0 Å². The van der Waals surface area contributed by atoms with E-state index in [1.54, 1.807) is 0 Å². The number of nitriles is 2. The second-order valence-electron chi connectivity index (χ2n) is 1.77. The molecular formula is C7H2IN3. The van der Waals surface area contributed by atoms with E-state index in [2.05, 4.69) is 4.98 Å². The van der Waals surface area contributed by atoms with Gasteiger partial charge < -0.3 is 0 Å². The van der Waals surface area contributed by atoms with Crippen molar-refractivity contribution in [2.75, 3.05) is 0 Å². The Hall–Kier alpha value is -1.14. The molecule has 0 spiro atoms. The average Bonchev–Trinajstić information content (AvgIpc) is 2.05. The van der Waals surface area contributed by atoms with Gasteiger partial charge in [0.15, 0.2) is 0 Å². The fourth-order valence-corrected chi connectivity index (χ4v) is 1.12. The van der Waals surface area contributed by atoms with E-state index in [1.807, 2.05) is 34.7 Å². The van der Waals surface area contributed by atoms with Gasteiger partial charge in [0.05, 0.1) is 14.7 Å². The fraction of sp³-hybridized carbons (Fsp3) is 0. The van der Waals surface area contributed by atoms with Crippen molar-refractivity contribution in [1.82, 2.24) is 4.98 Å². The molecule has 1 heterocycles. The van der Waals surface area contributed by atoms with E-state index in [0.29, 0.717) is 14.7 Å². The van der Waals surface area contributed by atoms with Crippen LogP contribution in [-0.4, -0.2) is 4.98 Å². The molecule has 0 saturated carbocycles. The van der Waals surface area contributed by atoms with Crippen LogP contribution in [0.15, 0.2) is 12.4 Å². The topological polar surface area (TPSA) is 60.5 Å². The number of pyridine rings is 1. The fourth-order valence-electron chi connectivity index (χ4n) is 0.601. The molecule has 1 aromatic rings. The van der Waals surface area contributed by atoms with Crippen molar-refractivity contribution >= 4 is 22.6 Å². The highest BCUT2D eigenvalue weighted by Crippen LogP contribution is 2.13. The van der Waals surface area contributed by atoms with E-state index in [0.717, 1.165) is 0 Å². The molecule has 1 aromatic heterocycles. The normalized spacial score (nSPS) is 8.27. The summed E-state index contributed by atoms with van der Waals surface area (Å²) >= 11 is 1.96. The van der Waals surface area contributed by atoms with Crippen molar-refractivity contribution in [2.45, 2.75) is 0 Å². The van der Waals surface area contributed by atoms with Crippen LogP contribution in [0, 0.1) is 26.2 Å². The van der Waals surface area contributed by atoms with E-state index < -0.39 is 0 Å². The minimum Gasteiger partial charge on any atom is -0.262 e. The summed E-state index contributed by atoms with van der Waals surface area (Å²) < 4.78 is 0.669. The van der Waals surface area contributed by atoms with Crippen LogP contribution in [0.2, 0.25) is 0 Å². The van der Waals surface area contributed by atoms with Gasteiger partial charge in [-0.25, -0.2) is 0 Å². The van der Waals surface area contributed by atoms with Gasteiger partial charge in [0.25, 0.3) is 0 Å². The summed E-state index contributed by atoms with van der Waals surface area (Å²) in [5.74, 6) is 0. The van der Waals surface area contributed by atoms with Gasteiger partial charge >= 0.3 is 0 Å². The number of hydrogen-bond donors (Lipinski definition) is 0. The van der Waals surface area contributed by atoms with E-state index in [4.69, 9.17) is 10.5 Å². The smallest absolute Gasteiger partial charge is 0.102 e. The Balaban J connectivity index is 3.38. The van der Waals surface area contributed by atoms with Crippen molar-refractivity contribution in [3.05, 3.63) is 27.1 Å². The van der Waals surface area contributed by atoms with E-state index in [9.17, 15) is 0 Å². The number of aromatic nitrogens is 1. The van der Waals surface area contributed by atoms with E-state index in [1.165, 1.54) is 12.4 Å². The van der Waals surface area contributed by atoms with Crippen LogP contribution in [0.5, 0.6) is 0 Å². The number of nitrogens with zero attached hydrogens (tertiary/aromatic N) is 3. The molecule has 3 nitrogen and oxygen atoms in total. The van der Waals surface area contributed by atoms with Gasteiger partial charge in [-0.05, 0) is 22.6 Å². The quantitative estimate of drug-likeness (QED) is 0.659. The first kappa shape index (κ1) is 7.96. The minimum absolute atomic E-state index is 0.449. The molecule has 0 bridgehead atoms. The second kappa shape index (κ2) is 3.31. The molecule has 0 saturated heterocycles. The molecule has 4 heteroatoms. The third-order valence-electron chi connectivity index (χ3n) is 1.12. The number of halogens is 1. The Bertz CT molecular complexity index is 327. The molecule has 0 aliphatic heterocycles. The van der Waals surface area contributed by atoms with Crippen molar-refractivity contribution < 1.29 is 0 Å². The Labute approximate surface area is 77.4 Å². The van der Waals surface area contributed by atoms with E-state index in [-0.39, 0.29) is 0 Å². The molecule has 0 aliphatic rings. The maximum Gasteiger partial charge on any atom is 0.102 e. The van der Waals surface area contributed by atoms with Crippen molar-refractivity contribution in [1.29, 1.82) is 10.5 Å². The van der Waals surface area contributed by atoms with Gasteiger partial charge in [0, 0.05) is 12.4 Å². The summed E-state index contributed by atoms with van der Waals surface area (Å²) in [5, 5.41) is 17.1. The summed E-state index contributed by atoms with van der Waals surface area (Å²) in [4.78, 5) is 3.74. The predicted molar refractivity (Wildman–Crippen MR) is 46.4 cm³/mol. The third kappa shape index (κ3) is 1.47. The first-order chi connectivity index (χ1) is 5.29. The molecule has 0 fully saturated rings. The third-order valence-corrected chi connectivity index (χ3v) is 2.28. The van der Waals surface area contributed by atoms with Crippen LogP contribution in [0.4, 0.5) is 0 Å². The zero-order valence-corrected chi connectivity index (χ0v) is 7.53. The highest BCUT2D eigenvalue weighted by molar-refractivity contribution is 14.1. The predicted octanol–water partition coefficient (Wildman–Crippen LogP) is 1.43. The maximum absolute atomic E-state index is 8.53. The van der Waals surface area contributed by atoms with Crippen molar-refractivity contribution in [3.8, 4) is 12.1 Å². The molecule has 0 amide bonds. The van der Waals surface area contributed by atoms with Gasteiger partial charge in [-0.3, -0.25) is 4.98 Å². The van der Waals surface area contributed by atoms with Gasteiger partial charge in [-0.15, -0.1) is 0 Å².